The van der Waals surface area contributed by atoms with Gasteiger partial charge < -0.3 is 15.0 Å². The highest BCUT2D eigenvalue weighted by Crippen LogP contribution is 2.40. The first-order chi connectivity index (χ1) is 14.0. The van der Waals surface area contributed by atoms with Crippen LogP contribution in [0.15, 0.2) is 70.8 Å². The van der Waals surface area contributed by atoms with Gasteiger partial charge in [0.25, 0.3) is 5.56 Å². The minimum absolute atomic E-state index is 0.0920. The Morgan fingerprint density at radius 1 is 1.31 bits per heavy atom. The molecule has 1 aliphatic heterocycles. The standard InChI is InChI=1S/C22H23N3O3S/c1-5-10-28-21(27)16-14(4)23-19-18(17(16)15-9-7-8-13(3)12-15)20(26)25-22(24-19)29-11-6-2/h5-9,12,17H,1-2,10-11H2,3-4H3,(H2,23,24,25,26)/t17-/m1/s1. The number of fused-ring (bicyclic) bond motifs is 1. The fourth-order valence-corrected chi connectivity index (χ4v) is 3.90. The van der Waals surface area contributed by atoms with E-state index in [1.165, 1.54) is 17.8 Å². The molecule has 0 unspecified atom stereocenters. The lowest BCUT2D eigenvalue weighted by atomic mass is 9.82. The normalized spacial score (nSPS) is 15.3. The summed E-state index contributed by atoms with van der Waals surface area (Å²) in [5.41, 5.74) is 2.97. The number of aromatic amines is 1. The molecule has 0 saturated carbocycles. The molecule has 0 aliphatic carbocycles. The van der Waals surface area contributed by atoms with Gasteiger partial charge in [0, 0.05) is 11.4 Å². The zero-order valence-electron chi connectivity index (χ0n) is 16.5. The molecule has 3 rings (SSSR count). The first-order valence-electron chi connectivity index (χ1n) is 9.16. The second-order valence-corrected chi connectivity index (χ2v) is 7.64. The summed E-state index contributed by atoms with van der Waals surface area (Å²) < 4.78 is 5.31. The first kappa shape index (κ1) is 20.7. The van der Waals surface area contributed by atoms with E-state index in [9.17, 15) is 9.59 Å². The molecule has 2 heterocycles. The number of nitrogens with one attached hydrogen (secondary N) is 2. The number of allylic oxidation sites excluding steroid dienone is 1. The number of benzene rings is 1. The summed E-state index contributed by atoms with van der Waals surface area (Å²) in [6, 6.07) is 7.74. The van der Waals surface area contributed by atoms with Crippen LogP contribution in [0.4, 0.5) is 5.82 Å². The lowest BCUT2D eigenvalue weighted by Gasteiger charge is -2.29. The van der Waals surface area contributed by atoms with Gasteiger partial charge in [0.1, 0.15) is 12.4 Å². The number of ether oxygens (including phenoxy) is 1. The zero-order chi connectivity index (χ0) is 21.0. The third kappa shape index (κ3) is 4.35. The van der Waals surface area contributed by atoms with Crippen LogP contribution in [0, 0.1) is 6.92 Å². The molecule has 1 aliphatic rings. The molecule has 1 aromatic heterocycles. The molecule has 6 nitrogen and oxygen atoms in total. The monoisotopic (exact) mass is 409 g/mol. The molecule has 0 radical (unpaired) electrons. The average Bonchev–Trinajstić information content (AvgIpc) is 2.69. The third-order valence-electron chi connectivity index (χ3n) is 4.49. The Hall–Kier alpha value is -3.06. The Kier molecular flexibility index (Phi) is 6.39. The van der Waals surface area contributed by atoms with E-state index in [1.54, 1.807) is 13.0 Å². The number of rotatable bonds is 7. The topological polar surface area (TPSA) is 84.1 Å². The maximum atomic E-state index is 13.0. The Morgan fingerprint density at radius 2 is 2.10 bits per heavy atom. The van der Waals surface area contributed by atoms with Gasteiger partial charge in [0.2, 0.25) is 0 Å². The molecule has 0 saturated heterocycles. The van der Waals surface area contributed by atoms with E-state index >= 15 is 0 Å². The van der Waals surface area contributed by atoms with Crippen molar-refractivity contribution in [2.24, 2.45) is 0 Å². The summed E-state index contributed by atoms with van der Waals surface area (Å²) >= 11 is 1.38. The highest BCUT2D eigenvalue weighted by atomic mass is 32.2. The summed E-state index contributed by atoms with van der Waals surface area (Å²) in [6.07, 6.45) is 3.25. The van der Waals surface area contributed by atoms with Gasteiger partial charge in [-0.1, -0.05) is 60.3 Å². The van der Waals surface area contributed by atoms with Gasteiger partial charge in [-0.3, -0.25) is 4.79 Å². The average molecular weight is 410 g/mol. The molecule has 29 heavy (non-hydrogen) atoms. The van der Waals surface area contributed by atoms with E-state index in [1.807, 2.05) is 31.2 Å². The summed E-state index contributed by atoms with van der Waals surface area (Å²) in [5, 5.41) is 3.62. The van der Waals surface area contributed by atoms with Crippen LogP contribution in [0.1, 0.15) is 29.5 Å². The maximum absolute atomic E-state index is 13.0. The van der Waals surface area contributed by atoms with Crippen LogP contribution in [-0.4, -0.2) is 28.3 Å². The number of hydrogen-bond acceptors (Lipinski definition) is 6. The Bertz CT molecular complexity index is 1060. The van der Waals surface area contributed by atoms with Crippen molar-refractivity contribution in [3.63, 3.8) is 0 Å². The van der Waals surface area contributed by atoms with Gasteiger partial charge >= 0.3 is 5.97 Å². The van der Waals surface area contributed by atoms with Crippen LogP contribution in [-0.2, 0) is 9.53 Å². The highest BCUT2D eigenvalue weighted by molar-refractivity contribution is 7.99. The molecule has 1 aromatic carbocycles. The molecule has 7 heteroatoms. The molecule has 2 aromatic rings. The van der Waals surface area contributed by atoms with Crippen molar-refractivity contribution >= 4 is 23.5 Å². The number of aryl methyl sites for hydroxylation is 1. The van der Waals surface area contributed by atoms with Gasteiger partial charge in [-0.2, -0.15) is 0 Å². The summed E-state index contributed by atoms with van der Waals surface area (Å²) in [7, 11) is 0. The van der Waals surface area contributed by atoms with Crippen LogP contribution >= 0.6 is 11.8 Å². The lowest BCUT2D eigenvalue weighted by Crippen LogP contribution is -2.31. The van der Waals surface area contributed by atoms with E-state index in [2.05, 4.69) is 28.4 Å². The zero-order valence-corrected chi connectivity index (χ0v) is 17.3. The number of thioether (sulfide) groups is 1. The SMILES string of the molecule is C=CCOC(=O)C1=C(C)Nc2nc(SCC=C)[nH]c(=O)c2[C@@H]1c1cccc(C)c1. The Labute approximate surface area is 173 Å². The largest absolute Gasteiger partial charge is 0.458 e. The molecular weight excluding hydrogens is 386 g/mol. The van der Waals surface area contributed by atoms with E-state index in [-0.39, 0.29) is 12.2 Å². The Morgan fingerprint density at radius 3 is 2.79 bits per heavy atom. The highest BCUT2D eigenvalue weighted by Gasteiger charge is 2.36. The van der Waals surface area contributed by atoms with Crippen molar-refractivity contribution in [1.82, 2.24) is 9.97 Å². The smallest absolute Gasteiger partial charge is 0.337 e. The number of carbonyl (C=O) groups is 1. The minimum Gasteiger partial charge on any atom is -0.458 e. The van der Waals surface area contributed by atoms with Crippen LogP contribution in [0.2, 0.25) is 0 Å². The van der Waals surface area contributed by atoms with E-state index in [0.29, 0.717) is 33.6 Å². The van der Waals surface area contributed by atoms with E-state index in [0.717, 1.165) is 11.1 Å². The van der Waals surface area contributed by atoms with Gasteiger partial charge in [-0.05, 0) is 19.4 Å². The predicted molar refractivity (Wildman–Crippen MR) is 116 cm³/mol. The number of anilines is 1. The van der Waals surface area contributed by atoms with Crippen molar-refractivity contribution in [2.45, 2.75) is 24.9 Å². The molecule has 150 valence electrons. The van der Waals surface area contributed by atoms with Crippen molar-refractivity contribution in [2.75, 3.05) is 17.7 Å². The van der Waals surface area contributed by atoms with Crippen molar-refractivity contribution < 1.29 is 9.53 Å². The second-order valence-electron chi connectivity index (χ2n) is 6.63. The number of aromatic nitrogens is 2. The van der Waals surface area contributed by atoms with Crippen molar-refractivity contribution in [3.8, 4) is 0 Å². The summed E-state index contributed by atoms with van der Waals surface area (Å²) in [4.78, 5) is 33.3. The quantitative estimate of drug-likeness (QED) is 0.312. The minimum atomic E-state index is -0.585. The summed E-state index contributed by atoms with van der Waals surface area (Å²) in [6.45, 7) is 11.1. The van der Waals surface area contributed by atoms with Gasteiger partial charge in [0.15, 0.2) is 5.16 Å². The van der Waals surface area contributed by atoms with Gasteiger partial charge in [0.05, 0.1) is 17.1 Å². The van der Waals surface area contributed by atoms with E-state index in [4.69, 9.17) is 4.74 Å². The number of hydrogen-bond donors (Lipinski definition) is 2. The van der Waals surface area contributed by atoms with Crippen molar-refractivity contribution in [1.29, 1.82) is 0 Å². The first-order valence-corrected chi connectivity index (χ1v) is 10.1. The maximum Gasteiger partial charge on any atom is 0.337 e. The van der Waals surface area contributed by atoms with Crippen LogP contribution in [0.3, 0.4) is 0 Å². The second kappa shape index (κ2) is 8.96. The van der Waals surface area contributed by atoms with Crippen LogP contribution in [0.25, 0.3) is 0 Å². The van der Waals surface area contributed by atoms with Crippen molar-refractivity contribution in [3.05, 3.63) is 87.9 Å². The fourth-order valence-electron chi connectivity index (χ4n) is 3.30. The molecule has 0 spiro atoms. The number of esters is 1. The van der Waals surface area contributed by atoms with Gasteiger partial charge in [-0.15, -0.1) is 6.58 Å². The molecule has 1 atom stereocenters. The third-order valence-corrected chi connectivity index (χ3v) is 5.36. The number of H-pyrrole nitrogens is 1. The summed E-state index contributed by atoms with van der Waals surface area (Å²) in [5.74, 6) is -0.00362. The fraction of sp³-hybridized carbons (Fsp3) is 0.227. The van der Waals surface area contributed by atoms with Crippen LogP contribution < -0.4 is 10.9 Å². The number of nitrogens with zero attached hydrogens (tertiary/aromatic N) is 1. The molecule has 2 N–H and O–H groups in total. The Balaban J connectivity index is 2.18. The van der Waals surface area contributed by atoms with Crippen LogP contribution in [0.5, 0.6) is 0 Å². The molecule has 0 amide bonds. The molecular formula is C22H23N3O3S. The van der Waals surface area contributed by atoms with Gasteiger partial charge in [-0.25, -0.2) is 9.78 Å². The van der Waals surface area contributed by atoms with E-state index < -0.39 is 11.9 Å². The molecule has 0 bridgehead atoms. The predicted octanol–water partition coefficient (Wildman–Crippen LogP) is 3.92. The lowest BCUT2D eigenvalue weighted by molar-refractivity contribution is -0.138. The molecule has 0 fully saturated rings. The number of carbonyl (C=O) groups excluding carboxylic acids is 1.